The Hall–Kier alpha value is -2.72. The van der Waals surface area contributed by atoms with Crippen molar-refractivity contribution in [3.8, 4) is 11.5 Å². The summed E-state index contributed by atoms with van der Waals surface area (Å²) in [5.41, 5.74) is 6.97. The zero-order chi connectivity index (χ0) is 19.2. The number of aromatic amines is 1. The first-order valence-electron chi connectivity index (χ1n) is 10.7. The van der Waals surface area contributed by atoms with E-state index in [9.17, 15) is 0 Å². The molecule has 4 heteroatoms. The fourth-order valence-electron chi connectivity index (χ4n) is 5.19. The molecule has 1 N–H and O–H groups in total. The number of ether oxygens (including phenoxy) is 2. The molecule has 1 atom stereocenters. The average Bonchev–Trinajstić information content (AvgIpc) is 3.37. The van der Waals surface area contributed by atoms with Crippen molar-refractivity contribution in [3.05, 3.63) is 65.4 Å². The van der Waals surface area contributed by atoms with Crippen LogP contribution in [0.4, 0.5) is 0 Å². The summed E-state index contributed by atoms with van der Waals surface area (Å²) in [6.45, 7) is 3.76. The van der Waals surface area contributed by atoms with Gasteiger partial charge in [0.1, 0.15) is 0 Å². The number of benzene rings is 2. The summed E-state index contributed by atoms with van der Waals surface area (Å²) in [5, 5.41) is 1.32. The van der Waals surface area contributed by atoms with E-state index >= 15 is 0 Å². The number of aryl methyl sites for hydroxylation is 1. The second-order valence-electron chi connectivity index (χ2n) is 8.55. The molecule has 3 heterocycles. The quantitative estimate of drug-likeness (QED) is 0.703. The van der Waals surface area contributed by atoms with Crippen molar-refractivity contribution in [1.82, 2.24) is 9.88 Å². The Kier molecular flexibility index (Phi) is 4.12. The molecule has 1 unspecified atom stereocenters. The van der Waals surface area contributed by atoms with E-state index in [1.807, 2.05) is 0 Å². The van der Waals surface area contributed by atoms with Gasteiger partial charge in [-0.05, 0) is 54.4 Å². The molecule has 0 amide bonds. The number of fused-ring (bicyclic) bond motifs is 4. The van der Waals surface area contributed by atoms with E-state index in [-0.39, 0.29) is 0 Å². The van der Waals surface area contributed by atoms with E-state index in [4.69, 9.17) is 9.47 Å². The summed E-state index contributed by atoms with van der Waals surface area (Å²) in [4.78, 5) is 6.27. The summed E-state index contributed by atoms with van der Waals surface area (Å²) >= 11 is 0. The average molecular weight is 386 g/mol. The van der Waals surface area contributed by atoms with Crippen LogP contribution >= 0.6 is 0 Å². The normalized spacial score (nSPS) is 21.2. The van der Waals surface area contributed by atoms with Gasteiger partial charge in [0.25, 0.3) is 0 Å². The Morgan fingerprint density at radius 2 is 1.90 bits per heavy atom. The highest BCUT2D eigenvalue weighted by Gasteiger charge is 2.26. The van der Waals surface area contributed by atoms with Gasteiger partial charge in [-0.2, -0.15) is 0 Å². The maximum atomic E-state index is 5.61. The molecular weight excluding hydrogens is 360 g/mol. The minimum absolute atomic E-state index is 0.334. The fourth-order valence-corrected chi connectivity index (χ4v) is 5.19. The molecule has 6 rings (SSSR count). The van der Waals surface area contributed by atoms with Gasteiger partial charge in [-0.1, -0.05) is 36.4 Å². The maximum absolute atomic E-state index is 5.61. The summed E-state index contributed by atoms with van der Waals surface area (Å²) in [7, 11) is 0. The van der Waals surface area contributed by atoms with Gasteiger partial charge in [0.15, 0.2) is 11.5 Å². The zero-order valence-corrected chi connectivity index (χ0v) is 16.6. The van der Waals surface area contributed by atoms with Crippen LogP contribution in [0, 0.1) is 5.92 Å². The molecule has 0 saturated carbocycles. The van der Waals surface area contributed by atoms with Crippen molar-refractivity contribution >= 4 is 16.5 Å². The second kappa shape index (κ2) is 6.96. The van der Waals surface area contributed by atoms with Crippen molar-refractivity contribution in [1.29, 1.82) is 0 Å². The highest BCUT2D eigenvalue weighted by molar-refractivity contribution is 5.88. The van der Waals surface area contributed by atoms with Gasteiger partial charge in [-0.25, -0.2) is 0 Å². The zero-order valence-electron chi connectivity index (χ0n) is 16.6. The second-order valence-corrected chi connectivity index (χ2v) is 8.55. The molecule has 3 aromatic rings. The topological polar surface area (TPSA) is 37.5 Å². The largest absolute Gasteiger partial charge is 0.454 e. The third-order valence-electron chi connectivity index (χ3n) is 6.74. The van der Waals surface area contributed by atoms with Gasteiger partial charge >= 0.3 is 0 Å². The van der Waals surface area contributed by atoms with Crippen molar-refractivity contribution in [2.24, 2.45) is 5.92 Å². The number of nitrogens with one attached hydrogen (secondary N) is 1. The summed E-state index contributed by atoms with van der Waals surface area (Å²) in [6.07, 6.45) is 7.14. The maximum Gasteiger partial charge on any atom is 0.231 e. The predicted octanol–water partition coefficient (Wildman–Crippen LogP) is 4.79. The van der Waals surface area contributed by atoms with E-state index in [1.54, 1.807) is 0 Å². The van der Waals surface area contributed by atoms with Crippen molar-refractivity contribution < 1.29 is 9.47 Å². The Morgan fingerprint density at radius 1 is 1.03 bits per heavy atom. The van der Waals surface area contributed by atoms with Crippen LogP contribution in [0.25, 0.3) is 16.5 Å². The molecule has 148 valence electrons. The fraction of sp³-hybridized carbons (Fsp3) is 0.360. The Morgan fingerprint density at radius 3 is 2.72 bits per heavy atom. The van der Waals surface area contributed by atoms with Crippen molar-refractivity contribution in [2.45, 2.75) is 25.7 Å². The molecule has 0 bridgehead atoms. The molecule has 0 saturated heterocycles. The standard InChI is InChI=1S/C25H26N2O2/c1-2-4-18(5-3-1)19-8-10-27(11-9-19)15-17-6-7-22-20(12-17)21-13-24-25(29-16-28-24)14-23(21)26-22/h1-5,8,13-14,17,26H,6-7,9-12,15-16H2. The minimum atomic E-state index is 0.334. The summed E-state index contributed by atoms with van der Waals surface area (Å²) < 4.78 is 11.2. The van der Waals surface area contributed by atoms with E-state index in [0.717, 1.165) is 49.8 Å². The SMILES string of the molecule is C1=C(c2ccccc2)CCN(CC2CCc3[nH]c4cc5c(cc4c3C2)OCO5)C1. The lowest BCUT2D eigenvalue weighted by atomic mass is 9.85. The van der Waals surface area contributed by atoms with Gasteiger partial charge < -0.3 is 14.5 Å². The number of nitrogens with zero attached hydrogens (tertiary/aromatic N) is 1. The van der Waals surface area contributed by atoms with Gasteiger partial charge in [-0.3, -0.25) is 4.90 Å². The molecule has 0 spiro atoms. The van der Waals surface area contributed by atoms with E-state index in [2.05, 4.69) is 58.4 Å². The number of H-pyrrole nitrogens is 1. The lowest BCUT2D eigenvalue weighted by molar-refractivity contribution is 0.174. The monoisotopic (exact) mass is 386 g/mol. The number of hydrogen-bond acceptors (Lipinski definition) is 3. The van der Waals surface area contributed by atoms with Gasteiger partial charge in [-0.15, -0.1) is 0 Å². The van der Waals surface area contributed by atoms with Gasteiger partial charge in [0.2, 0.25) is 6.79 Å². The summed E-state index contributed by atoms with van der Waals surface area (Å²) in [6, 6.07) is 15.1. The molecule has 4 nitrogen and oxygen atoms in total. The first-order valence-corrected chi connectivity index (χ1v) is 10.7. The van der Waals surface area contributed by atoms with E-state index in [0.29, 0.717) is 6.79 Å². The molecule has 0 radical (unpaired) electrons. The number of aromatic nitrogens is 1. The molecule has 1 aromatic heterocycles. The van der Waals surface area contributed by atoms with Gasteiger partial charge in [0.05, 0.1) is 0 Å². The molecule has 2 aromatic carbocycles. The molecule has 2 aliphatic heterocycles. The summed E-state index contributed by atoms with van der Waals surface area (Å²) in [5.74, 6) is 2.47. The lowest BCUT2D eigenvalue weighted by Crippen LogP contribution is -2.35. The van der Waals surface area contributed by atoms with Crippen LogP contribution in [0.15, 0.2) is 48.5 Å². The molecule has 29 heavy (non-hydrogen) atoms. The van der Waals surface area contributed by atoms with Crippen LogP contribution in [-0.2, 0) is 12.8 Å². The molecule has 3 aliphatic rings. The van der Waals surface area contributed by atoms with E-state index in [1.165, 1.54) is 46.3 Å². The van der Waals surface area contributed by atoms with Crippen LogP contribution in [0.1, 0.15) is 29.7 Å². The Bertz CT molecular complexity index is 1080. The third-order valence-corrected chi connectivity index (χ3v) is 6.74. The first kappa shape index (κ1) is 17.2. The van der Waals surface area contributed by atoms with Crippen LogP contribution in [0.5, 0.6) is 11.5 Å². The van der Waals surface area contributed by atoms with Crippen molar-refractivity contribution in [3.63, 3.8) is 0 Å². The predicted molar refractivity (Wildman–Crippen MR) is 115 cm³/mol. The lowest BCUT2D eigenvalue weighted by Gasteiger charge is -2.32. The molecular formula is C25H26N2O2. The molecule has 0 fully saturated rings. The van der Waals surface area contributed by atoms with Crippen LogP contribution in [0.2, 0.25) is 0 Å². The van der Waals surface area contributed by atoms with Crippen LogP contribution in [-0.4, -0.2) is 36.3 Å². The third kappa shape index (κ3) is 3.12. The highest BCUT2D eigenvalue weighted by atomic mass is 16.7. The van der Waals surface area contributed by atoms with Crippen molar-refractivity contribution in [2.75, 3.05) is 26.4 Å². The molecule has 1 aliphatic carbocycles. The van der Waals surface area contributed by atoms with Crippen LogP contribution < -0.4 is 9.47 Å². The highest BCUT2D eigenvalue weighted by Crippen LogP contribution is 2.40. The minimum Gasteiger partial charge on any atom is -0.454 e. The van der Waals surface area contributed by atoms with E-state index < -0.39 is 0 Å². The van der Waals surface area contributed by atoms with Crippen LogP contribution in [0.3, 0.4) is 0 Å². The number of rotatable bonds is 3. The Balaban J connectivity index is 1.17. The van der Waals surface area contributed by atoms with Gasteiger partial charge in [0, 0.05) is 42.3 Å². The number of hydrogen-bond donors (Lipinski definition) is 1. The first-order chi connectivity index (χ1) is 14.3. The smallest absolute Gasteiger partial charge is 0.231 e. The Labute approximate surface area is 171 Å².